The summed E-state index contributed by atoms with van der Waals surface area (Å²) in [6.07, 6.45) is 3.39. The van der Waals surface area contributed by atoms with E-state index in [-0.39, 0.29) is 5.82 Å². The highest BCUT2D eigenvalue weighted by Gasteiger charge is 2.18. The molecule has 3 rings (SSSR count). The molecular formula is C22H30FN3O2. The molecule has 1 atom stereocenters. The van der Waals surface area contributed by atoms with Crippen molar-refractivity contribution in [3.8, 4) is 0 Å². The van der Waals surface area contributed by atoms with Crippen LogP contribution in [0, 0.1) is 5.82 Å². The van der Waals surface area contributed by atoms with Crippen molar-refractivity contribution < 1.29 is 14.2 Å². The van der Waals surface area contributed by atoms with Gasteiger partial charge in [0.2, 0.25) is 0 Å². The first-order valence-electron chi connectivity index (χ1n) is 9.84. The molecule has 0 bridgehead atoms. The van der Waals surface area contributed by atoms with E-state index in [1.54, 1.807) is 6.07 Å². The van der Waals surface area contributed by atoms with Gasteiger partial charge in [0.1, 0.15) is 5.82 Å². The Kier molecular flexibility index (Phi) is 7.80. The molecule has 1 aromatic carbocycles. The van der Waals surface area contributed by atoms with E-state index < -0.39 is 6.10 Å². The third kappa shape index (κ3) is 6.01. The van der Waals surface area contributed by atoms with Gasteiger partial charge in [-0.25, -0.2) is 4.39 Å². The number of aromatic nitrogens is 1. The highest BCUT2D eigenvalue weighted by molar-refractivity contribution is 5.19. The molecular weight excluding hydrogens is 357 g/mol. The molecule has 0 amide bonds. The van der Waals surface area contributed by atoms with Crippen molar-refractivity contribution in [1.29, 1.82) is 0 Å². The molecule has 2 aromatic rings. The lowest BCUT2D eigenvalue weighted by molar-refractivity contribution is 0.00705. The van der Waals surface area contributed by atoms with Gasteiger partial charge in [0.15, 0.2) is 0 Å². The number of aliphatic hydroxyl groups is 1. The minimum absolute atomic E-state index is 0.189. The number of aliphatic hydroxyl groups excluding tert-OH is 1. The zero-order valence-electron chi connectivity index (χ0n) is 16.3. The SMILES string of the molecule is C=CCN(Cc1cccn1Cc1ccccc1F)C[C@H](O)CN1CCOCC1. The maximum Gasteiger partial charge on any atom is 0.128 e. The monoisotopic (exact) mass is 387 g/mol. The van der Waals surface area contributed by atoms with Crippen LogP contribution in [0.25, 0.3) is 0 Å². The largest absolute Gasteiger partial charge is 0.390 e. The standard InChI is InChI=1S/C22H30FN3O2/c1-2-9-25(18-21(27)17-24-11-13-28-14-12-24)16-20-7-5-10-26(20)15-19-6-3-4-8-22(19)23/h2-8,10,21,27H,1,9,11-18H2/t21-/m1/s1. The van der Waals surface area contributed by atoms with Crippen LogP contribution in [-0.2, 0) is 17.8 Å². The Balaban J connectivity index is 1.60. The maximum atomic E-state index is 14.0. The molecule has 5 nitrogen and oxygen atoms in total. The van der Waals surface area contributed by atoms with Crippen LogP contribution in [0.15, 0.2) is 55.3 Å². The average Bonchev–Trinajstić information content (AvgIpc) is 3.11. The first kappa shape index (κ1) is 20.7. The lowest BCUT2D eigenvalue weighted by Crippen LogP contribution is -2.44. The molecule has 0 spiro atoms. The van der Waals surface area contributed by atoms with Crippen LogP contribution in [0.4, 0.5) is 4.39 Å². The van der Waals surface area contributed by atoms with Crippen molar-refractivity contribution in [2.24, 2.45) is 0 Å². The van der Waals surface area contributed by atoms with E-state index in [1.165, 1.54) is 6.07 Å². The van der Waals surface area contributed by atoms with Crippen molar-refractivity contribution >= 4 is 0 Å². The molecule has 0 saturated carbocycles. The van der Waals surface area contributed by atoms with E-state index >= 15 is 0 Å². The van der Waals surface area contributed by atoms with Crippen LogP contribution in [0.5, 0.6) is 0 Å². The van der Waals surface area contributed by atoms with Crippen molar-refractivity contribution in [1.82, 2.24) is 14.4 Å². The van der Waals surface area contributed by atoms with Gasteiger partial charge in [0, 0.05) is 56.7 Å². The average molecular weight is 387 g/mol. The summed E-state index contributed by atoms with van der Waals surface area (Å²) in [4.78, 5) is 4.41. The Bertz CT molecular complexity index is 743. The molecule has 1 aliphatic heterocycles. The van der Waals surface area contributed by atoms with Crippen LogP contribution in [0.3, 0.4) is 0 Å². The zero-order chi connectivity index (χ0) is 19.8. The summed E-state index contributed by atoms with van der Waals surface area (Å²) in [6.45, 7) is 10.1. The van der Waals surface area contributed by atoms with E-state index in [9.17, 15) is 9.50 Å². The predicted octanol–water partition coefficient (Wildman–Crippen LogP) is 2.36. The summed E-state index contributed by atoms with van der Waals surface area (Å²) in [6, 6.07) is 10.9. The Morgan fingerprint density at radius 2 is 2.00 bits per heavy atom. The predicted molar refractivity (Wildman–Crippen MR) is 109 cm³/mol. The van der Waals surface area contributed by atoms with Crippen molar-refractivity contribution in [2.75, 3.05) is 45.9 Å². The Morgan fingerprint density at radius 3 is 2.75 bits per heavy atom. The van der Waals surface area contributed by atoms with Crippen molar-refractivity contribution in [3.63, 3.8) is 0 Å². The molecule has 2 heterocycles. The zero-order valence-corrected chi connectivity index (χ0v) is 16.3. The van der Waals surface area contributed by atoms with Gasteiger partial charge < -0.3 is 14.4 Å². The van der Waals surface area contributed by atoms with Gasteiger partial charge in [-0.1, -0.05) is 24.3 Å². The number of nitrogens with zero attached hydrogens (tertiary/aromatic N) is 3. The molecule has 1 fully saturated rings. The summed E-state index contributed by atoms with van der Waals surface area (Å²) in [7, 11) is 0. The fraction of sp³-hybridized carbons (Fsp3) is 0.455. The number of rotatable bonds is 10. The maximum absolute atomic E-state index is 14.0. The van der Waals surface area contributed by atoms with Gasteiger partial charge in [-0.15, -0.1) is 6.58 Å². The fourth-order valence-corrected chi connectivity index (χ4v) is 3.61. The van der Waals surface area contributed by atoms with Crippen LogP contribution in [-0.4, -0.2) is 71.5 Å². The second-order valence-electron chi connectivity index (χ2n) is 7.27. The van der Waals surface area contributed by atoms with Crippen LogP contribution in [0.1, 0.15) is 11.3 Å². The third-order valence-corrected chi connectivity index (χ3v) is 5.04. The molecule has 0 aliphatic carbocycles. The normalized spacial score (nSPS) is 16.4. The lowest BCUT2D eigenvalue weighted by Gasteiger charge is -2.31. The van der Waals surface area contributed by atoms with E-state index in [1.807, 2.05) is 36.5 Å². The van der Waals surface area contributed by atoms with E-state index in [0.29, 0.717) is 38.3 Å². The smallest absolute Gasteiger partial charge is 0.128 e. The fourth-order valence-electron chi connectivity index (χ4n) is 3.61. The molecule has 6 heteroatoms. The molecule has 1 saturated heterocycles. The van der Waals surface area contributed by atoms with Gasteiger partial charge in [-0.3, -0.25) is 9.80 Å². The number of β-amino-alcohol motifs (C(OH)–C–C–N with tert-alkyl or cyclic N) is 1. The highest BCUT2D eigenvalue weighted by atomic mass is 19.1. The summed E-state index contributed by atoms with van der Waals surface area (Å²) in [5.74, 6) is -0.189. The minimum Gasteiger partial charge on any atom is -0.390 e. The molecule has 0 unspecified atom stereocenters. The summed E-state index contributed by atoms with van der Waals surface area (Å²) >= 11 is 0. The summed E-state index contributed by atoms with van der Waals surface area (Å²) in [5.41, 5.74) is 1.76. The number of morpholine rings is 1. The Hall–Kier alpha value is -1.99. The van der Waals surface area contributed by atoms with Gasteiger partial charge in [-0.2, -0.15) is 0 Å². The lowest BCUT2D eigenvalue weighted by atomic mass is 10.2. The van der Waals surface area contributed by atoms with E-state index in [4.69, 9.17) is 4.74 Å². The van der Waals surface area contributed by atoms with Gasteiger partial charge >= 0.3 is 0 Å². The number of benzene rings is 1. The number of ether oxygens (including phenoxy) is 1. The van der Waals surface area contributed by atoms with E-state index in [0.717, 1.165) is 32.0 Å². The minimum atomic E-state index is -0.437. The molecule has 1 N–H and O–H groups in total. The molecule has 152 valence electrons. The van der Waals surface area contributed by atoms with Crippen molar-refractivity contribution in [3.05, 3.63) is 72.3 Å². The molecule has 0 radical (unpaired) electrons. The summed E-state index contributed by atoms with van der Waals surface area (Å²) in [5, 5.41) is 10.6. The quantitative estimate of drug-likeness (QED) is 0.636. The summed E-state index contributed by atoms with van der Waals surface area (Å²) < 4.78 is 21.4. The van der Waals surface area contributed by atoms with Crippen LogP contribution < -0.4 is 0 Å². The highest BCUT2D eigenvalue weighted by Crippen LogP contribution is 2.14. The van der Waals surface area contributed by atoms with Gasteiger partial charge in [-0.05, 0) is 18.2 Å². The van der Waals surface area contributed by atoms with Crippen LogP contribution in [0.2, 0.25) is 0 Å². The number of hydrogen-bond donors (Lipinski definition) is 1. The second kappa shape index (κ2) is 10.5. The molecule has 1 aromatic heterocycles. The van der Waals surface area contributed by atoms with Crippen molar-refractivity contribution in [2.45, 2.75) is 19.2 Å². The topological polar surface area (TPSA) is 40.9 Å². The first-order valence-corrected chi connectivity index (χ1v) is 9.84. The third-order valence-electron chi connectivity index (χ3n) is 5.04. The Labute approximate surface area is 166 Å². The Morgan fingerprint density at radius 1 is 1.21 bits per heavy atom. The molecule has 28 heavy (non-hydrogen) atoms. The molecule has 1 aliphatic rings. The van der Waals surface area contributed by atoms with Crippen LogP contribution >= 0.6 is 0 Å². The second-order valence-corrected chi connectivity index (χ2v) is 7.27. The van der Waals surface area contributed by atoms with E-state index in [2.05, 4.69) is 20.9 Å². The number of halogens is 1. The van der Waals surface area contributed by atoms with Gasteiger partial charge in [0.25, 0.3) is 0 Å². The van der Waals surface area contributed by atoms with Gasteiger partial charge in [0.05, 0.1) is 25.9 Å². The number of hydrogen-bond acceptors (Lipinski definition) is 4. The first-order chi connectivity index (χ1) is 13.7.